The molecule has 0 aliphatic rings. The second-order valence-corrected chi connectivity index (χ2v) is 2.64. The summed E-state index contributed by atoms with van der Waals surface area (Å²) >= 11 is 0. The van der Waals surface area contributed by atoms with E-state index < -0.39 is 11.7 Å². The first-order valence-corrected chi connectivity index (χ1v) is 3.52. The standard InChI is InChI=1S/C8H6F3N3/c9-8(10,11)4-1-6(13)5(3-12)7(14)2-4/h1-2H,13-14H2. The Morgan fingerprint density at radius 2 is 1.57 bits per heavy atom. The first-order valence-electron chi connectivity index (χ1n) is 3.52. The minimum absolute atomic E-state index is 0.127. The van der Waals surface area contributed by atoms with Gasteiger partial charge in [0.15, 0.2) is 0 Å². The van der Waals surface area contributed by atoms with Gasteiger partial charge in [-0.15, -0.1) is 0 Å². The minimum atomic E-state index is -4.50. The van der Waals surface area contributed by atoms with Crippen LogP contribution in [-0.2, 0) is 6.18 Å². The zero-order chi connectivity index (χ0) is 10.9. The molecule has 1 rings (SSSR count). The molecule has 1 aromatic rings. The summed E-state index contributed by atoms with van der Waals surface area (Å²) in [4.78, 5) is 0. The maximum Gasteiger partial charge on any atom is 0.416 e. The fourth-order valence-electron chi connectivity index (χ4n) is 0.980. The lowest BCUT2D eigenvalue weighted by molar-refractivity contribution is -0.137. The lowest BCUT2D eigenvalue weighted by Crippen LogP contribution is -2.08. The van der Waals surface area contributed by atoms with E-state index in [1.165, 1.54) is 0 Å². The van der Waals surface area contributed by atoms with Crippen LogP contribution in [0.25, 0.3) is 0 Å². The van der Waals surface area contributed by atoms with Gasteiger partial charge in [0.25, 0.3) is 0 Å². The summed E-state index contributed by atoms with van der Waals surface area (Å²) in [6, 6.07) is 3.00. The Morgan fingerprint density at radius 1 is 1.14 bits per heavy atom. The molecule has 0 bridgehead atoms. The van der Waals surface area contributed by atoms with E-state index in [1.807, 2.05) is 0 Å². The second kappa shape index (κ2) is 3.10. The topological polar surface area (TPSA) is 75.8 Å². The summed E-state index contributed by atoms with van der Waals surface area (Å²) in [5, 5.41) is 8.50. The zero-order valence-electron chi connectivity index (χ0n) is 6.89. The largest absolute Gasteiger partial charge is 0.416 e. The van der Waals surface area contributed by atoms with E-state index in [0.717, 1.165) is 0 Å². The van der Waals surface area contributed by atoms with E-state index in [0.29, 0.717) is 12.1 Å². The first kappa shape index (κ1) is 10.2. The summed E-state index contributed by atoms with van der Waals surface area (Å²) < 4.78 is 36.6. The van der Waals surface area contributed by atoms with E-state index in [4.69, 9.17) is 16.7 Å². The van der Waals surface area contributed by atoms with Crippen LogP contribution in [-0.4, -0.2) is 0 Å². The molecule has 14 heavy (non-hydrogen) atoms. The number of nitrogens with two attached hydrogens (primary N) is 2. The van der Waals surface area contributed by atoms with Gasteiger partial charge in [0.2, 0.25) is 0 Å². The van der Waals surface area contributed by atoms with E-state index in [-0.39, 0.29) is 16.9 Å². The number of alkyl halides is 3. The number of benzene rings is 1. The summed E-state index contributed by atoms with van der Waals surface area (Å²) in [6.45, 7) is 0. The molecule has 0 aliphatic carbocycles. The summed E-state index contributed by atoms with van der Waals surface area (Å²) in [6.07, 6.45) is -4.50. The molecule has 0 saturated heterocycles. The molecule has 0 unspecified atom stereocenters. The maximum absolute atomic E-state index is 12.2. The zero-order valence-corrected chi connectivity index (χ0v) is 6.89. The highest BCUT2D eigenvalue weighted by atomic mass is 19.4. The molecule has 0 heterocycles. The molecule has 0 radical (unpaired) electrons. The van der Waals surface area contributed by atoms with Gasteiger partial charge in [0.05, 0.1) is 22.5 Å². The molecule has 0 saturated carbocycles. The molecule has 0 spiro atoms. The van der Waals surface area contributed by atoms with Gasteiger partial charge < -0.3 is 11.5 Å². The highest BCUT2D eigenvalue weighted by molar-refractivity contribution is 5.69. The number of rotatable bonds is 0. The summed E-state index contributed by atoms with van der Waals surface area (Å²) in [5.41, 5.74) is 8.85. The van der Waals surface area contributed by atoms with Crippen molar-refractivity contribution in [2.45, 2.75) is 6.18 Å². The van der Waals surface area contributed by atoms with Crippen LogP contribution in [0.15, 0.2) is 12.1 Å². The Balaban J connectivity index is 3.37. The Labute approximate surface area is 77.7 Å². The van der Waals surface area contributed by atoms with Crippen molar-refractivity contribution in [3.63, 3.8) is 0 Å². The normalized spacial score (nSPS) is 11.0. The van der Waals surface area contributed by atoms with Gasteiger partial charge in [-0.25, -0.2) is 0 Å². The highest BCUT2D eigenvalue weighted by Gasteiger charge is 2.31. The van der Waals surface area contributed by atoms with Crippen molar-refractivity contribution in [2.75, 3.05) is 11.5 Å². The van der Waals surface area contributed by atoms with Gasteiger partial charge in [-0.2, -0.15) is 18.4 Å². The van der Waals surface area contributed by atoms with Crippen LogP contribution < -0.4 is 11.5 Å². The van der Waals surface area contributed by atoms with Crippen LogP contribution in [0.2, 0.25) is 0 Å². The smallest absolute Gasteiger partial charge is 0.398 e. The SMILES string of the molecule is N#Cc1c(N)cc(C(F)(F)F)cc1N. The maximum atomic E-state index is 12.2. The molecule has 0 amide bonds. The average Bonchev–Trinajstić information content (AvgIpc) is 2.01. The van der Waals surface area contributed by atoms with Crippen LogP contribution >= 0.6 is 0 Å². The van der Waals surface area contributed by atoms with Gasteiger partial charge in [-0.05, 0) is 12.1 Å². The van der Waals surface area contributed by atoms with Crippen LogP contribution in [0.1, 0.15) is 11.1 Å². The third-order valence-electron chi connectivity index (χ3n) is 1.64. The molecule has 4 N–H and O–H groups in total. The number of halogens is 3. The Hall–Kier alpha value is -1.90. The Kier molecular flexibility index (Phi) is 2.26. The van der Waals surface area contributed by atoms with E-state index in [1.54, 1.807) is 6.07 Å². The fraction of sp³-hybridized carbons (Fsp3) is 0.125. The van der Waals surface area contributed by atoms with Gasteiger partial charge in [0, 0.05) is 0 Å². The van der Waals surface area contributed by atoms with Crippen molar-refractivity contribution in [1.29, 1.82) is 5.26 Å². The third kappa shape index (κ3) is 1.71. The van der Waals surface area contributed by atoms with Crippen molar-refractivity contribution in [2.24, 2.45) is 0 Å². The molecule has 74 valence electrons. The average molecular weight is 201 g/mol. The molecular formula is C8H6F3N3. The summed E-state index contributed by atoms with van der Waals surface area (Å²) in [5.74, 6) is 0. The highest BCUT2D eigenvalue weighted by Crippen LogP contribution is 2.33. The van der Waals surface area contributed by atoms with Crippen molar-refractivity contribution in [3.05, 3.63) is 23.3 Å². The molecule has 0 fully saturated rings. The van der Waals surface area contributed by atoms with Crippen molar-refractivity contribution >= 4 is 11.4 Å². The lowest BCUT2D eigenvalue weighted by atomic mass is 10.1. The molecular weight excluding hydrogens is 195 g/mol. The fourth-order valence-corrected chi connectivity index (χ4v) is 0.980. The first-order chi connectivity index (χ1) is 6.36. The van der Waals surface area contributed by atoms with Gasteiger partial charge >= 0.3 is 6.18 Å². The second-order valence-electron chi connectivity index (χ2n) is 2.64. The quantitative estimate of drug-likeness (QED) is 0.627. The van der Waals surface area contributed by atoms with E-state index in [2.05, 4.69) is 0 Å². The minimum Gasteiger partial charge on any atom is -0.398 e. The Bertz CT molecular complexity index is 380. The Morgan fingerprint density at radius 3 is 1.86 bits per heavy atom. The van der Waals surface area contributed by atoms with Crippen molar-refractivity contribution in [3.8, 4) is 6.07 Å². The van der Waals surface area contributed by atoms with E-state index >= 15 is 0 Å². The molecule has 0 atom stereocenters. The predicted octanol–water partition coefficient (Wildman–Crippen LogP) is 1.74. The van der Waals surface area contributed by atoms with E-state index in [9.17, 15) is 13.2 Å². The van der Waals surface area contributed by atoms with Gasteiger partial charge in [-0.1, -0.05) is 0 Å². The molecule has 1 aromatic carbocycles. The van der Waals surface area contributed by atoms with Crippen LogP contribution in [0.3, 0.4) is 0 Å². The van der Waals surface area contributed by atoms with Gasteiger partial charge in [0.1, 0.15) is 6.07 Å². The lowest BCUT2D eigenvalue weighted by Gasteiger charge is -2.09. The molecule has 3 nitrogen and oxygen atoms in total. The number of anilines is 2. The van der Waals surface area contributed by atoms with Crippen molar-refractivity contribution in [1.82, 2.24) is 0 Å². The molecule has 0 aliphatic heterocycles. The summed E-state index contributed by atoms with van der Waals surface area (Å²) in [7, 11) is 0. The monoisotopic (exact) mass is 201 g/mol. The van der Waals surface area contributed by atoms with Crippen LogP contribution in [0.5, 0.6) is 0 Å². The third-order valence-corrected chi connectivity index (χ3v) is 1.64. The van der Waals surface area contributed by atoms with Crippen LogP contribution in [0.4, 0.5) is 24.5 Å². The predicted molar refractivity (Wildman–Crippen MR) is 45.0 cm³/mol. The molecule has 6 heteroatoms. The van der Waals surface area contributed by atoms with Gasteiger partial charge in [-0.3, -0.25) is 0 Å². The number of hydrogen-bond donors (Lipinski definition) is 2. The van der Waals surface area contributed by atoms with Crippen molar-refractivity contribution < 1.29 is 13.2 Å². The number of nitrogens with zero attached hydrogens (tertiary/aromatic N) is 1. The number of hydrogen-bond acceptors (Lipinski definition) is 3. The molecule has 0 aromatic heterocycles. The van der Waals surface area contributed by atoms with Crippen LogP contribution in [0, 0.1) is 11.3 Å². The number of nitriles is 1. The number of nitrogen functional groups attached to an aromatic ring is 2.